The summed E-state index contributed by atoms with van der Waals surface area (Å²) >= 11 is 0. The van der Waals surface area contributed by atoms with E-state index < -0.39 is 28.4 Å². The average molecular weight is 310 g/mol. The summed E-state index contributed by atoms with van der Waals surface area (Å²) in [5.74, 6) is -3.02. The number of carboxylic acids is 1. The highest BCUT2D eigenvalue weighted by Crippen LogP contribution is 2.20. The molecule has 110 valence electrons. The van der Waals surface area contributed by atoms with Gasteiger partial charge in [-0.2, -0.15) is 0 Å². The predicted molar refractivity (Wildman–Crippen MR) is 74.6 cm³/mol. The van der Waals surface area contributed by atoms with Gasteiger partial charge in [-0.05, 0) is 36.8 Å². The molecule has 2 aromatic rings. The standard InChI is InChI=1S/C15H12F2O3S/c1-9-5-6-10(7-11(9)15(18)19)21(20)8-12-13(16)3-2-4-14(12)17/h2-7H,8H2,1H3,(H,18,19). The number of carboxylic acid groups (broad SMARTS) is 1. The van der Waals surface area contributed by atoms with Crippen LogP contribution in [0.5, 0.6) is 0 Å². The molecule has 1 unspecified atom stereocenters. The first-order chi connectivity index (χ1) is 9.90. The quantitative estimate of drug-likeness (QED) is 0.943. The van der Waals surface area contributed by atoms with E-state index in [0.29, 0.717) is 5.56 Å². The molecule has 0 saturated carbocycles. The number of hydrogen-bond acceptors (Lipinski definition) is 2. The van der Waals surface area contributed by atoms with Crippen LogP contribution in [0, 0.1) is 18.6 Å². The highest BCUT2D eigenvalue weighted by molar-refractivity contribution is 7.84. The predicted octanol–water partition coefficient (Wildman–Crippen LogP) is 3.28. The fourth-order valence-corrected chi connectivity index (χ4v) is 3.03. The van der Waals surface area contributed by atoms with E-state index in [1.54, 1.807) is 6.92 Å². The molecule has 0 radical (unpaired) electrons. The van der Waals surface area contributed by atoms with Crippen molar-refractivity contribution in [2.24, 2.45) is 0 Å². The van der Waals surface area contributed by atoms with Crippen molar-refractivity contribution in [3.05, 3.63) is 64.7 Å². The van der Waals surface area contributed by atoms with Crippen LogP contribution in [-0.2, 0) is 16.6 Å². The largest absolute Gasteiger partial charge is 0.478 e. The van der Waals surface area contributed by atoms with E-state index in [9.17, 15) is 17.8 Å². The Morgan fingerprint density at radius 3 is 2.38 bits per heavy atom. The lowest BCUT2D eigenvalue weighted by molar-refractivity contribution is 0.0696. The van der Waals surface area contributed by atoms with Gasteiger partial charge in [0.25, 0.3) is 0 Å². The molecular weight excluding hydrogens is 298 g/mol. The van der Waals surface area contributed by atoms with E-state index in [4.69, 9.17) is 5.11 Å². The third kappa shape index (κ3) is 3.33. The summed E-state index contributed by atoms with van der Waals surface area (Å²) in [6.45, 7) is 1.62. The van der Waals surface area contributed by atoms with Crippen molar-refractivity contribution in [2.45, 2.75) is 17.6 Å². The molecule has 1 atom stereocenters. The Morgan fingerprint density at radius 2 is 1.81 bits per heavy atom. The molecule has 0 fully saturated rings. The van der Waals surface area contributed by atoms with Crippen molar-refractivity contribution in [1.82, 2.24) is 0 Å². The molecule has 0 heterocycles. The van der Waals surface area contributed by atoms with E-state index in [0.717, 1.165) is 12.1 Å². The summed E-state index contributed by atoms with van der Waals surface area (Å²) in [5.41, 5.74) is 0.281. The molecule has 6 heteroatoms. The molecule has 0 bridgehead atoms. The lowest BCUT2D eigenvalue weighted by atomic mass is 10.1. The van der Waals surface area contributed by atoms with Crippen LogP contribution in [0.2, 0.25) is 0 Å². The summed E-state index contributed by atoms with van der Waals surface area (Å²) in [5, 5.41) is 9.03. The first kappa shape index (κ1) is 15.3. The lowest BCUT2D eigenvalue weighted by Crippen LogP contribution is -2.05. The van der Waals surface area contributed by atoms with Gasteiger partial charge in [0.1, 0.15) is 11.6 Å². The van der Waals surface area contributed by atoms with Crippen molar-refractivity contribution in [1.29, 1.82) is 0 Å². The minimum Gasteiger partial charge on any atom is -0.478 e. The second-order valence-electron chi connectivity index (χ2n) is 4.47. The lowest BCUT2D eigenvalue weighted by Gasteiger charge is -2.07. The molecule has 2 aromatic carbocycles. The van der Waals surface area contributed by atoms with Crippen LogP contribution in [-0.4, -0.2) is 15.3 Å². The van der Waals surface area contributed by atoms with Crippen molar-refractivity contribution in [3.63, 3.8) is 0 Å². The minimum absolute atomic E-state index is 0.0230. The van der Waals surface area contributed by atoms with Crippen LogP contribution >= 0.6 is 0 Å². The Balaban J connectivity index is 2.33. The Bertz CT molecular complexity index is 709. The molecular formula is C15H12F2O3S. The summed E-state index contributed by atoms with van der Waals surface area (Å²) in [6, 6.07) is 7.70. The zero-order valence-corrected chi connectivity index (χ0v) is 11.9. The molecule has 0 aliphatic carbocycles. The fourth-order valence-electron chi connectivity index (χ4n) is 1.86. The summed E-state index contributed by atoms with van der Waals surface area (Å²) in [6.07, 6.45) is 0. The molecule has 0 aliphatic rings. The molecule has 1 N–H and O–H groups in total. The van der Waals surface area contributed by atoms with Crippen LogP contribution in [0.4, 0.5) is 8.78 Å². The maximum atomic E-state index is 13.5. The molecule has 0 aliphatic heterocycles. The van der Waals surface area contributed by atoms with Crippen LogP contribution < -0.4 is 0 Å². The molecule has 3 nitrogen and oxygen atoms in total. The fraction of sp³-hybridized carbons (Fsp3) is 0.133. The summed E-state index contributed by atoms with van der Waals surface area (Å²) in [7, 11) is -1.73. The Morgan fingerprint density at radius 1 is 1.19 bits per heavy atom. The van der Waals surface area contributed by atoms with E-state index in [-0.39, 0.29) is 21.8 Å². The number of hydrogen-bond donors (Lipinski definition) is 1. The Hall–Kier alpha value is -2.08. The minimum atomic E-state index is -1.73. The van der Waals surface area contributed by atoms with Crippen molar-refractivity contribution >= 4 is 16.8 Å². The molecule has 2 rings (SSSR count). The van der Waals surface area contributed by atoms with Crippen LogP contribution in [0.25, 0.3) is 0 Å². The number of carbonyl (C=O) groups is 1. The van der Waals surface area contributed by atoms with Gasteiger partial charge in [0.15, 0.2) is 0 Å². The SMILES string of the molecule is Cc1ccc(S(=O)Cc2c(F)cccc2F)cc1C(=O)O. The molecule has 0 aromatic heterocycles. The Kier molecular flexibility index (Phi) is 4.47. The van der Waals surface area contributed by atoms with Gasteiger partial charge in [-0.1, -0.05) is 12.1 Å². The van der Waals surface area contributed by atoms with Gasteiger partial charge in [-0.15, -0.1) is 0 Å². The van der Waals surface area contributed by atoms with Gasteiger partial charge in [0.05, 0.1) is 22.1 Å². The summed E-state index contributed by atoms with van der Waals surface area (Å²) < 4.78 is 39.2. The Labute approximate surface area is 122 Å². The topological polar surface area (TPSA) is 54.4 Å². The second-order valence-corrected chi connectivity index (χ2v) is 5.92. The number of benzene rings is 2. The highest BCUT2D eigenvalue weighted by Gasteiger charge is 2.15. The maximum absolute atomic E-state index is 13.5. The first-order valence-corrected chi connectivity index (χ1v) is 7.37. The van der Waals surface area contributed by atoms with Crippen LogP contribution in [0.3, 0.4) is 0 Å². The number of rotatable bonds is 4. The summed E-state index contributed by atoms with van der Waals surface area (Å²) in [4.78, 5) is 11.3. The second kappa shape index (κ2) is 6.13. The van der Waals surface area contributed by atoms with Gasteiger partial charge in [0.2, 0.25) is 0 Å². The smallest absolute Gasteiger partial charge is 0.335 e. The van der Waals surface area contributed by atoms with Crippen molar-refractivity contribution < 1.29 is 22.9 Å². The van der Waals surface area contributed by atoms with Crippen LogP contribution in [0.15, 0.2) is 41.3 Å². The number of aromatic carboxylic acids is 1. The van der Waals surface area contributed by atoms with Crippen molar-refractivity contribution in [2.75, 3.05) is 0 Å². The molecule has 21 heavy (non-hydrogen) atoms. The van der Waals surface area contributed by atoms with Gasteiger partial charge in [0, 0.05) is 10.5 Å². The number of halogens is 2. The van der Waals surface area contributed by atoms with Gasteiger partial charge >= 0.3 is 5.97 Å². The van der Waals surface area contributed by atoms with Gasteiger partial charge in [-0.25, -0.2) is 13.6 Å². The van der Waals surface area contributed by atoms with E-state index >= 15 is 0 Å². The zero-order chi connectivity index (χ0) is 15.6. The third-order valence-electron chi connectivity index (χ3n) is 3.04. The first-order valence-electron chi connectivity index (χ1n) is 6.05. The normalized spacial score (nSPS) is 12.1. The number of aryl methyl sites for hydroxylation is 1. The third-order valence-corrected chi connectivity index (χ3v) is 4.37. The molecule has 0 saturated heterocycles. The molecule has 0 amide bonds. The van der Waals surface area contributed by atoms with E-state index in [1.807, 2.05) is 0 Å². The van der Waals surface area contributed by atoms with Gasteiger partial charge < -0.3 is 5.11 Å². The van der Waals surface area contributed by atoms with E-state index in [1.165, 1.54) is 24.3 Å². The van der Waals surface area contributed by atoms with Crippen LogP contribution in [0.1, 0.15) is 21.5 Å². The maximum Gasteiger partial charge on any atom is 0.335 e. The zero-order valence-electron chi connectivity index (χ0n) is 11.1. The monoisotopic (exact) mass is 310 g/mol. The average Bonchev–Trinajstić information content (AvgIpc) is 2.43. The van der Waals surface area contributed by atoms with E-state index in [2.05, 4.69) is 0 Å². The van der Waals surface area contributed by atoms with Crippen molar-refractivity contribution in [3.8, 4) is 0 Å². The van der Waals surface area contributed by atoms with Gasteiger partial charge in [-0.3, -0.25) is 4.21 Å². The highest BCUT2D eigenvalue weighted by atomic mass is 32.2. The molecule has 0 spiro atoms.